The van der Waals surface area contributed by atoms with Crippen LogP contribution in [0.4, 0.5) is 0 Å². The van der Waals surface area contributed by atoms with Crippen molar-refractivity contribution in [2.75, 3.05) is 13.2 Å². The van der Waals surface area contributed by atoms with Crippen molar-refractivity contribution in [3.05, 3.63) is 72.9 Å². The molecule has 1 fully saturated rings. The summed E-state index contributed by atoms with van der Waals surface area (Å²) < 4.78 is 33.4. The van der Waals surface area contributed by atoms with Crippen LogP contribution in [0.2, 0.25) is 0 Å². The van der Waals surface area contributed by atoms with E-state index in [1.807, 2.05) is 12.2 Å². The Balaban J connectivity index is 2.54. The highest BCUT2D eigenvalue weighted by Crippen LogP contribution is 2.47. The van der Waals surface area contributed by atoms with Crippen molar-refractivity contribution in [1.29, 1.82) is 0 Å². The van der Waals surface area contributed by atoms with Crippen molar-refractivity contribution in [2.45, 2.75) is 185 Å². The van der Waals surface area contributed by atoms with E-state index in [4.69, 9.17) is 18.5 Å². The fourth-order valence-corrected chi connectivity index (χ4v) is 6.99. The van der Waals surface area contributed by atoms with Gasteiger partial charge in [0.2, 0.25) is 0 Å². The molecular formula is C45H75O13P. The molecule has 0 radical (unpaired) electrons. The van der Waals surface area contributed by atoms with Gasteiger partial charge in [-0.1, -0.05) is 125 Å². The monoisotopic (exact) mass is 854 g/mol. The van der Waals surface area contributed by atoms with E-state index in [1.165, 1.54) is 25.7 Å². The number of carbonyl (C=O) groups is 2. The number of allylic oxidation sites excluding steroid dienone is 12. The summed E-state index contributed by atoms with van der Waals surface area (Å²) in [4.78, 5) is 35.6. The third kappa shape index (κ3) is 27.7. The zero-order valence-electron chi connectivity index (χ0n) is 35.5. The van der Waals surface area contributed by atoms with Gasteiger partial charge in [0, 0.05) is 12.8 Å². The Morgan fingerprint density at radius 2 is 0.983 bits per heavy atom. The second-order valence-corrected chi connectivity index (χ2v) is 16.2. The van der Waals surface area contributed by atoms with Gasteiger partial charge >= 0.3 is 19.8 Å². The van der Waals surface area contributed by atoms with E-state index >= 15 is 0 Å². The van der Waals surface area contributed by atoms with Crippen LogP contribution in [0, 0.1) is 0 Å². The summed E-state index contributed by atoms with van der Waals surface area (Å²) in [5.74, 6) is -1.19. The molecule has 13 nitrogen and oxygen atoms in total. The van der Waals surface area contributed by atoms with Gasteiger partial charge in [-0.15, -0.1) is 0 Å². The lowest BCUT2D eigenvalue weighted by Crippen LogP contribution is -2.64. The van der Waals surface area contributed by atoms with Crippen molar-refractivity contribution in [1.82, 2.24) is 0 Å². The van der Waals surface area contributed by atoms with Crippen LogP contribution in [0.25, 0.3) is 0 Å². The average molecular weight is 855 g/mol. The molecule has 0 amide bonds. The van der Waals surface area contributed by atoms with Crippen molar-refractivity contribution in [2.24, 2.45) is 0 Å². The van der Waals surface area contributed by atoms with Crippen LogP contribution in [-0.4, -0.2) is 98.3 Å². The molecule has 0 aliphatic heterocycles. The quantitative estimate of drug-likeness (QED) is 0.0157. The van der Waals surface area contributed by atoms with Crippen LogP contribution in [0.15, 0.2) is 72.9 Å². The lowest BCUT2D eigenvalue weighted by Gasteiger charge is -2.41. The fraction of sp³-hybridized carbons (Fsp3) is 0.689. The maximum Gasteiger partial charge on any atom is 0.472 e. The van der Waals surface area contributed by atoms with Gasteiger partial charge in [0.05, 0.1) is 6.61 Å². The highest BCUT2D eigenvalue weighted by atomic mass is 31.2. The van der Waals surface area contributed by atoms with E-state index in [2.05, 4.69) is 74.6 Å². The van der Waals surface area contributed by atoms with E-state index in [1.54, 1.807) is 0 Å². The molecular weight excluding hydrogens is 779 g/mol. The van der Waals surface area contributed by atoms with Gasteiger partial charge in [0.1, 0.15) is 43.2 Å². The summed E-state index contributed by atoms with van der Waals surface area (Å²) in [7, 11) is -5.13. The number of hydrogen-bond donors (Lipinski definition) is 6. The molecule has 1 aliphatic rings. The maximum atomic E-state index is 12.8. The summed E-state index contributed by atoms with van der Waals surface area (Å²) in [6.45, 7) is 3.09. The third-order valence-electron chi connectivity index (χ3n) is 9.53. The Morgan fingerprint density at radius 3 is 1.54 bits per heavy atom. The number of ether oxygens (including phenoxy) is 2. The summed E-state index contributed by atoms with van der Waals surface area (Å²) in [6, 6.07) is 0. The normalized spacial score (nSPS) is 23.1. The van der Waals surface area contributed by atoms with Crippen LogP contribution >= 0.6 is 7.82 Å². The number of aliphatic hydroxyl groups is 5. The largest absolute Gasteiger partial charge is 0.472 e. The summed E-state index contributed by atoms with van der Waals surface area (Å²) in [5, 5.41) is 50.1. The molecule has 0 spiro atoms. The maximum absolute atomic E-state index is 12.8. The molecule has 338 valence electrons. The molecule has 0 saturated heterocycles. The Bertz CT molecular complexity index is 1310. The molecule has 0 heterocycles. The van der Waals surface area contributed by atoms with Crippen molar-refractivity contribution < 1.29 is 63.1 Å². The number of esters is 2. The lowest BCUT2D eigenvalue weighted by atomic mass is 9.85. The number of carbonyl (C=O) groups excluding carboxylic acids is 2. The smallest absolute Gasteiger partial charge is 0.462 e. The molecule has 6 N–H and O–H groups in total. The Labute approximate surface area is 353 Å². The average Bonchev–Trinajstić information content (AvgIpc) is 3.21. The van der Waals surface area contributed by atoms with E-state index in [9.17, 15) is 44.6 Å². The first-order valence-corrected chi connectivity index (χ1v) is 23.2. The highest BCUT2D eigenvalue weighted by Gasteiger charge is 2.51. The van der Waals surface area contributed by atoms with Gasteiger partial charge in [-0.25, -0.2) is 4.57 Å². The van der Waals surface area contributed by atoms with Crippen molar-refractivity contribution >= 4 is 19.8 Å². The molecule has 0 bridgehead atoms. The minimum atomic E-state index is -5.13. The first-order chi connectivity index (χ1) is 28.4. The first-order valence-electron chi connectivity index (χ1n) is 21.7. The van der Waals surface area contributed by atoms with E-state index in [-0.39, 0.29) is 12.8 Å². The Morgan fingerprint density at radius 1 is 0.542 bits per heavy atom. The Kier molecular flexibility index (Phi) is 32.2. The predicted molar refractivity (Wildman–Crippen MR) is 230 cm³/mol. The van der Waals surface area contributed by atoms with E-state index in [0.717, 1.165) is 70.6 Å². The van der Waals surface area contributed by atoms with Gasteiger partial charge < -0.3 is 39.9 Å². The molecule has 1 saturated carbocycles. The topological polar surface area (TPSA) is 210 Å². The third-order valence-corrected chi connectivity index (χ3v) is 10.5. The van der Waals surface area contributed by atoms with E-state index in [0.29, 0.717) is 19.3 Å². The van der Waals surface area contributed by atoms with Crippen LogP contribution < -0.4 is 0 Å². The minimum absolute atomic E-state index is 0.0706. The summed E-state index contributed by atoms with van der Waals surface area (Å²) in [5.41, 5.74) is 0. The van der Waals surface area contributed by atoms with Gasteiger partial charge in [-0.05, 0) is 77.0 Å². The summed E-state index contributed by atoms with van der Waals surface area (Å²) in [6.07, 6.45) is 29.7. The number of unbranched alkanes of at least 4 members (excludes halogenated alkanes) is 10. The Hall–Kier alpha value is -2.71. The van der Waals surface area contributed by atoms with Gasteiger partial charge in [0.15, 0.2) is 6.10 Å². The van der Waals surface area contributed by atoms with Crippen LogP contribution in [0.1, 0.15) is 142 Å². The second-order valence-electron chi connectivity index (χ2n) is 14.8. The van der Waals surface area contributed by atoms with Crippen LogP contribution in [0.3, 0.4) is 0 Å². The SMILES string of the molecule is CC/C=C/C/C=C/C/C=C/C/C=C/C/C=C/CCCC(=O)OC[C@@H](COP(=O)(O)OC1C(O)C(O)C(O)[C@H](O)C1O)OC(=O)CCCCCCC/C=C/CCCCCC. The molecule has 59 heavy (non-hydrogen) atoms. The van der Waals surface area contributed by atoms with Crippen LogP contribution in [0.5, 0.6) is 0 Å². The molecule has 6 unspecified atom stereocenters. The van der Waals surface area contributed by atoms with E-state index < -0.39 is 75.7 Å². The molecule has 1 rings (SSSR count). The highest BCUT2D eigenvalue weighted by molar-refractivity contribution is 7.47. The lowest BCUT2D eigenvalue weighted by molar-refractivity contribution is -0.220. The van der Waals surface area contributed by atoms with Crippen molar-refractivity contribution in [3.8, 4) is 0 Å². The second kappa shape index (κ2) is 34.9. The zero-order valence-corrected chi connectivity index (χ0v) is 36.4. The number of rotatable bonds is 34. The van der Waals surface area contributed by atoms with Crippen LogP contribution in [-0.2, 0) is 32.7 Å². The number of hydrogen-bond acceptors (Lipinski definition) is 12. The molecule has 14 heteroatoms. The first kappa shape index (κ1) is 54.3. The molecule has 0 aromatic rings. The minimum Gasteiger partial charge on any atom is -0.462 e. The number of phosphoric acid groups is 1. The molecule has 1 aliphatic carbocycles. The fourth-order valence-electron chi connectivity index (χ4n) is 6.02. The molecule has 8 atom stereocenters. The van der Waals surface area contributed by atoms with Gasteiger partial charge in [0.25, 0.3) is 0 Å². The summed E-state index contributed by atoms with van der Waals surface area (Å²) >= 11 is 0. The van der Waals surface area contributed by atoms with Crippen molar-refractivity contribution in [3.63, 3.8) is 0 Å². The van der Waals surface area contributed by atoms with Gasteiger partial charge in [-0.2, -0.15) is 0 Å². The zero-order chi connectivity index (χ0) is 43.6. The standard InChI is InChI=1S/C45H75O13P/c1-3-5-7-9-11-13-15-17-18-19-20-22-23-25-27-29-31-33-38(46)55-35-37(36-56-59(53,54)58-45-43(51)41(49)40(48)42(50)44(45)52)57-39(47)34-32-30-28-26-24-21-16-14-12-10-8-6-4-2/h5,7,11,13-14,16-18,20,22,25,27,37,40-45,48-52H,3-4,6,8-10,12,15,19,21,23-24,26,28-36H2,1-2H3,(H,53,54)/b7-5+,13-11+,16-14+,18-17+,22-20+,27-25+/t37-,40?,41-,42?,43?,44?,45?/m0/s1. The number of phosphoric ester groups is 1. The predicted octanol–water partition coefficient (Wildman–Crippen LogP) is 7.94. The molecule has 0 aromatic carbocycles. The number of aliphatic hydroxyl groups excluding tert-OH is 5. The van der Waals surface area contributed by atoms with Gasteiger partial charge in [-0.3, -0.25) is 18.6 Å². The molecule has 0 aromatic heterocycles.